The predicted molar refractivity (Wildman–Crippen MR) is 109 cm³/mol. The van der Waals surface area contributed by atoms with Gasteiger partial charge in [-0.3, -0.25) is 0 Å². The minimum Gasteiger partial charge on any atom is -0.219 e. The number of hydrogen-bond acceptors (Lipinski definition) is 4. The number of sulfone groups is 1. The largest absolute Gasteiger partial charge is 0.219 e. The van der Waals surface area contributed by atoms with E-state index in [1.165, 1.54) is 5.56 Å². The van der Waals surface area contributed by atoms with E-state index in [1.54, 1.807) is 53.3 Å². The van der Waals surface area contributed by atoms with Gasteiger partial charge in [0, 0.05) is 0 Å². The van der Waals surface area contributed by atoms with Gasteiger partial charge in [0.2, 0.25) is 9.84 Å². The third-order valence-corrected chi connectivity index (χ3v) is 6.43. The molecule has 0 N–H and O–H groups in total. The standard InChI is InChI=1S/C22H21N3O2S/c1-22(2,3)16-8-7-9-17(14-16)25-23-20-13-12-19(15-21(20)24-25)28(26,27)18-10-5-4-6-11-18/h4-15H,1-3H3. The first-order valence-corrected chi connectivity index (χ1v) is 10.5. The van der Waals surface area contributed by atoms with Crippen molar-refractivity contribution in [2.75, 3.05) is 0 Å². The number of nitrogens with zero attached hydrogens (tertiary/aromatic N) is 3. The van der Waals surface area contributed by atoms with E-state index < -0.39 is 9.84 Å². The lowest BCUT2D eigenvalue weighted by atomic mass is 9.87. The van der Waals surface area contributed by atoms with Crippen LogP contribution < -0.4 is 0 Å². The van der Waals surface area contributed by atoms with Crippen molar-refractivity contribution in [2.45, 2.75) is 36.0 Å². The third-order valence-electron chi connectivity index (χ3n) is 4.66. The minimum atomic E-state index is -3.59. The first kappa shape index (κ1) is 18.4. The molecule has 0 saturated heterocycles. The van der Waals surface area contributed by atoms with Crippen LogP contribution >= 0.6 is 0 Å². The van der Waals surface area contributed by atoms with Crippen LogP contribution in [0.2, 0.25) is 0 Å². The van der Waals surface area contributed by atoms with Gasteiger partial charge in [0.1, 0.15) is 11.0 Å². The number of rotatable bonds is 3. The lowest BCUT2D eigenvalue weighted by Gasteiger charge is -2.19. The summed E-state index contributed by atoms with van der Waals surface area (Å²) in [4.78, 5) is 2.03. The van der Waals surface area contributed by atoms with E-state index in [9.17, 15) is 8.42 Å². The summed E-state index contributed by atoms with van der Waals surface area (Å²) in [7, 11) is -3.59. The number of aromatic nitrogens is 3. The zero-order chi connectivity index (χ0) is 19.9. The van der Waals surface area contributed by atoms with Gasteiger partial charge >= 0.3 is 0 Å². The number of hydrogen-bond donors (Lipinski definition) is 0. The van der Waals surface area contributed by atoms with Gasteiger partial charge < -0.3 is 0 Å². The topological polar surface area (TPSA) is 64.8 Å². The zero-order valence-electron chi connectivity index (χ0n) is 16.0. The Balaban J connectivity index is 1.78. The molecule has 4 aromatic rings. The molecule has 0 saturated carbocycles. The molecule has 4 rings (SSSR count). The van der Waals surface area contributed by atoms with E-state index in [0.717, 1.165) is 5.69 Å². The highest BCUT2D eigenvalue weighted by molar-refractivity contribution is 7.91. The summed E-state index contributed by atoms with van der Waals surface area (Å²) in [6.45, 7) is 6.46. The molecule has 28 heavy (non-hydrogen) atoms. The molecule has 0 atom stereocenters. The maximum Gasteiger partial charge on any atom is 0.206 e. The highest BCUT2D eigenvalue weighted by Crippen LogP contribution is 2.26. The lowest BCUT2D eigenvalue weighted by molar-refractivity contribution is 0.588. The molecule has 1 aromatic heterocycles. The smallest absolute Gasteiger partial charge is 0.206 e. The molecule has 0 spiro atoms. The average molecular weight is 391 g/mol. The van der Waals surface area contributed by atoms with Crippen molar-refractivity contribution in [2.24, 2.45) is 0 Å². The van der Waals surface area contributed by atoms with Crippen molar-refractivity contribution in [1.82, 2.24) is 15.0 Å². The van der Waals surface area contributed by atoms with Gasteiger partial charge in [0.05, 0.1) is 15.5 Å². The first-order chi connectivity index (χ1) is 13.2. The Morgan fingerprint density at radius 1 is 0.750 bits per heavy atom. The van der Waals surface area contributed by atoms with E-state index in [1.807, 2.05) is 12.1 Å². The summed E-state index contributed by atoms with van der Waals surface area (Å²) in [6.07, 6.45) is 0. The molecule has 0 aliphatic carbocycles. The highest BCUT2D eigenvalue weighted by Gasteiger charge is 2.19. The normalized spacial score (nSPS) is 12.4. The molecular weight excluding hydrogens is 370 g/mol. The molecule has 142 valence electrons. The molecule has 0 fully saturated rings. The fraction of sp³-hybridized carbons (Fsp3) is 0.182. The van der Waals surface area contributed by atoms with Gasteiger partial charge in [-0.2, -0.15) is 4.80 Å². The van der Waals surface area contributed by atoms with E-state index >= 15 is 0 Å². The average Bonchev–Trinajstić information content (AvgIpc) is 3.11. The molecule has 0 radical (unpaired) electrons. The quantitative estimate of drug-likeness (QED) is 0.514. The zero-order valence-corrected chi connectivity index (χ0v) is 16.8. The van der Waals surface area contributed by atoms with Crippen LogP contribution in [0.5, 0.6) is 0 Å². The maximum absolute atomic E-state index is 12.9. The highest BCUT2D eigenvalue weighted by atomic mass is 32.2. The molecule has 5 nitrogen and oxygen atoms in total. The fourth-order valence-corrected chi connectivity index (χ4v) is 4.31. The van der Waals surface area contributed by atoms with E-state index in [-0.39, 0.29) is 15.2 Å². The van der Waals surface area contributed by atoms with Gasteiger partial charge in [-0.05, 0) is 53.4 Å². The lowest BCUT2D eigenvalue weighted by Crippen LogP contribution is -2.12. The van der Waals surface area contributed by atoms with Crippen LogP contribution in [-0.2, 0) is 15.3 Å². The Morgan fingerprint density at radius 2 is 1.46 bits per heavy atom. The van der Waals surface area contributed by atoms with Gasteiger partial charge in [0.15, 0.2) is 0 Å². The number of benzene rings is 3. The molecular formula is C22H21N3O2S. The van der Waals surface area contributed by atoms with Crippen LogP contribution in [0.15, 0.2) is 82.6 Å². The summed E-state index contributed by atoms with van der Waals surface area (Å²) in [5, 5.41) is 9.03. The van der Waals surface area contributed by atoms with Crippen LogP contribution in [0.25, 0.3) is 16.7 Å². The van der Waals surface area contributed by atoms with Crippen molar-refractivity contribution >= 4 is 20.9 Å². The van der Waals surface area contributed by atoms with Crippen molar-refractivity contribution in [3.05, 3.63) is 78.4 Å². The summed E-state index contributed by atoms with van der Waals surface area (Å²) < 4.78 is 25.7. The van der Waals surface area contributed by atoms with Crippen LogP contribution in [0.1, 0.15) is 26.3 Å². The molecule has 0 bridgehead atoms. The first-order valence-electron chi connectivity index (χ1n) is 9.03. The Labute approximate surface area is 164 Å². The van der Waals surface area contributed by atoms with Crippen LogP contribution in [0.4, 0.5) is 0 Å². The Bertz CT molecular complexity index is 1250. The maximum atomic E-state index is 12.9. The van der Waals surface area contributed by atoms with Crippen molar-refractivity contribution < 1.29 is 8.42 Å². The van der Waals surface area contributed by atoms with E-state index in [2.05, 4.69) is 43.1 Å². The Kier molecular flexibility index (Phi) is 4.31. The molecule has 0 unspecified atom stereocenters. The Morgan fingerprint density at radius 3 is 2.18 bits per heavy atom. The second-order valence-corrected chi connectivity index (χ2v) is 9.71. The summed E-state index contributed by atoms with van der Waals surface area (Å²) >= 11 is 0. The van der Waals surface area contributed by atoms with E-state index in [0.29, 0.717) is 11.0 Å². The predicted octanol–water partition coefficient (Wildman–Crippen LogP) is 4.55. The van der Waals surface area contributed by atoms with Crippen LogP contribution in [0, 0.1) is 0 Å². The number of fused-ring (bicyclic) bond motifs is 1. The van der Waals surface area contributed by atoms with Crippen LogP contribution in [-0.4, -0.2) is 23.4 Å². The van der Waals surface area contributed by atoms with Gasteiger partial charge in [0.25, 0.3) is 0 Å². The van der Waals surface area contributed by atoms with Crippen LogP contribution in [0.3, 0.4) is 0 Å². The minimum absolute atomic E-state index is 0.0134. The van der Waals surface area contributed by atoms with Crippen molar-refractivity contribution in [3.63, 3.8) is 0 Å². The molecule has 3 aromatic carbocycles. The van der Waals surface area contributed by atoms with Gasteiger partial charge in [-0.1, -0.05) is 51.1 Å². The van der Waals surface area contributed by atoms with Crippen molar-refractivity contribution in [1.29, 1.82) is 0 Å². The summed E-state index contributed by atoms with van der Waals surface area (Å²) in [5.41, 5.74) is 3.22. The third kappa shape index (κ3) is 3.31. The summed E-state index contributed by atoms with van der Waals surface area (Å²) in [5.74, 6) is 0. The molecule has 6 heteroatoms. The summed E-state index contributed by atoms with van der Waals surface area (Å²) in [6, 6.07) is 21.3. The van der Waals surface area contributed by atoms with Gasteiger partial charge in [-0.15, -0.1) is 10.2 Å². The monoisotopic (exact) mass is 391 g/mol. The molecule has 0 aliphatic heterocycles. The molecule has 1 heterocycles. The van der Waals surface area contributed by atoms with E-state index in [4.69, 9.17) is 0 Å². The van der Waals surface area contributed by atoms with Crippen molar-refractivity contribution in [3.8, 4) is 5.69 Å². The second-order valence-electron chi connectivity index (χ2n) is 7.76. The van der Waals surface area contributed by atoms with Gasteiger partial charge in [-0.25, -0.2) is 8.42 Å². The fourth-order valence-electron chi connectivity index (χ4n) is 3.01. The molecule has 0 amide bonds. The SMILES string of the molecule is CC(C)(C)c1cccc(-n2nc3ccc(S(=O)(=O)c4ccccc4)cc3n2)c1. The second kappa shape index (κ2) is 6.56. The Hall–Kier alpha value is -2.99. The molecule has 0 aliphatic rings.